The highest BCUT2D eigenvalue weighted by molar-refractivity contribution is 7.07. The molecule has 2 aliphatic heterocycles. The smallest absolute Gasteiger partial charge is 0.304 e. The van der Waals surface area contributed by atoms with Gasteiger partial charge in [-0.3, -0.25) is 0 Å². The number of rotatable bonds is 2. The Morgan fingerprint density at radius 1 is 0.548 bits per heavy atom. The number of nitrogens with one attached hydrogen (secondary N) is 1. The van der Waals surface area contributed by atoms with Crippen molar-refractivity contribution in [1.82, 2.24) is 4.65 Å². The van der Waals surface area contributed by atoms with E-state index in [4.69, 9.17) is 8.85 Å². The van der Waals surface area contributed by atoms with E-state index in [0.717, 1.165) is 0 Å². The summed E-state index contributed by atoms with van der Waals surface area (Å²) in [6.45, 7) is 22.8. The van der Waals surface area contributed by atoms with Gasteiger partial charge in [0.25, 0.3) is 0 Å². The van der Waals surface area contributed by atoms with Gasteiger partial charge in [0.1, 0.15) is 0 Å². The standard InChI is InChI=1S/C26H39NO2Si2/c1-19-11-15-21(16-12-19)30-25(7,8)26(9,10)31(27-30,22-17-13-20(2)14-18-22)29-24(5,6)23(3,4)28-30/h11-18,27H,1-10H3. The summed E-state index contributed by atoms with van der Waals surface area (Å²) < 4.78 is 19.0. The second-order valence-corrected chi connectivity index (χ2v) is 19.5. The molecule has 0 amide bonds. The molecular weight excluding hydrogens is 414 g/mol. The van der Waals surface area contributed by atoms with E-state index in [1.54, 1.807) is 0 Å². The maximum Gasteiger partial charge on any atom is 0.304 e. The Labute approximate surface area is 191 Å². The highest BCUT2D eigenvalue weighted by Crippen LogP contribution is 2.68. The molecule has 2 unspecified atom stereocenters. The molecule has 2 fully saturated rings. The lowest BCUT2D eigenvalue weighted by Crippen LogP contribution is -2.72. The molecule has 4 rings (SSSR count). The molecule has 2 aliphatic rings. The highest BCUT2D eigenvalue weighted by atomic mass is 28.4. The van der Waals surface area contributed by atoms with E-state index in [9.17, 15) is 0 Å². The van der Waals surface area contributed by atoms with Crippen LogP contribution in [0.5, 0.6) is 0 Å². The normalized spacial score (nSPS) is 32.5. The minimum absolute atomic E-state index is 0.0971. The van der Waals surface area contributed by atoms with Crippen LogP contribution in [-0.4, -0.2) is 28.2 Å². The van der Waals surface area contributed by atoms with Crippen molar-refractivity contribution >= 4 is 27.3 Å². The van der Waals surface area contributed by atoms with Crippen LogP contribution in [0.25, 0.3) is 0 Å². The first kappa shape index (κ1) is 22.9. The molecule has 31 heavy (non-hydrogen) atoms. The van der Waals surface area contributed by atoms with Crippen LogP contribution in [-0.2, 0) is 8.85 Å². The van der Waals surface area contributed by atoms with Gasteiger partial charge in [0.05, 0.1) is 11.2 Å². The van der Waals surface area contributed by atoms with Crippen LogP contribution in [0.3, 0.4) is 0 Å². The van der Waals surface area contributed by atoms with E-state index in [-0.39, 0.29) is 10.1 Å². The average Bonchev–Trinajstić information content (AvgIpc) is 2.73. The van der Waals surface area contributed by atoms with Crippen molar-refractivity contribution in [2.45, 2.75) is 90.5 Å². The van der Waals surface area contributed by atoms with Gasteiger partial charge in [-0.15, -0.1) is 0 Å². The lowest BCUT2D eigenvalue weighted by atomic mass is 9.90. The fourth-order valence-corrected chi connectivity index (χ4v) is 19.7. The Bertz CT molecular complexity index is 914. The number of benzene rings is 2. The van der Waals surface area contributed by atoms with E-state index in [2.05, 4.69) is 122 Å². The predicted molar refractivity (Wildman–Crippen MR) is 135 cm³/mol. The van der Waals surface area contributed by atoms with Crippen molar-refractivity contribution in [3.63, 3.8) is 0 Å². The predicted octanol–water partition coefficient (Wildman–Crippen LogP) is 5.07. The number of aryl methyl sites for hydroxylation is 2. The first-order valence-corrected chi connectivity index (χ1v) is 15.3. The molecule has 2 bridgehead atoms. The average molecular weight is 454 g/mol. The van der Waals surface area contributed by atoms with Crippen molar-refractivity contribution in [2.75, 3.05) is 0 Å². The van der Waals surface area contributed by atoms with Crippen molar-refractivity contribution < 1.29 is 8.85 Å². The number of fused-ring (bicyclic) bond motifs is 2. The molecular formula is C26H39NO2Si2. The summed E-state index contributed by atoms with van der Waals surface area (Å²) in [6, 6.07) is 18.1. The number of hydrogen-bond donors (Lipinski definition) is 1. The third-order valence-electron chi connectivity index (χ3n) is 8.86. The molecule has 5 heteroatoms. The van der Waals surface area contributed by atoms with E-state index in [1.807, 2.05) is 0 Å². The third kappa shape index (κ3) is 2.87. The van der Waals surface area contributed by atoms with Crippen molar-refractivity contribution in [3.8, 4) is 0 Å². The first-order valence-electron chi connectivity index (χ1n) is 11.5. The van der Waals surface area contributed by atoms with Crippen LogP contribution < -0.4 is 15.0 Å². The number of hydrogen-bond acceptors (Lipinski definition) is 3. The minimum Gasteiger partial charge on any atom is -0.391 e. The largest absolute Gasteiger partial charge is 0.391 e. The lowest BCUT2D eigenvalue weighted by Gasteiger charge is -2.55. The molecule has 2 saturated heterocycles. The van der Waals surface area contributed by atoms with Crippen molar-refractivity contribution in [2.24, 2.45) is 0 Å². The van der Waals surface area contributed by atoms with Crippen molar-refractivity contribution in [3.05, 3.63) is 59.7 Å². The monoisotopic (exact) mass is 453 g/mol. The summed E-state index contributed by atoms with van der Waals surface area (Å²) in [7, 11) is -5.40. The molecule has 0 saturated carbocycles. The Balaban J connectivity index is 2.08. The van der Waals surface area contributed by atoms with Gasteiger partial charge in [0.15, 0.2) is 0 Å². The summed E-state index contributed by atoms with van der Waals surface area (Å²) in [6.07, 6.45) is 0. The molecule has 0 aromatic heterocycles. The van der Waals surface area contributed by atoms with Crippen LogP contribution >= 0.6 is 0 Å². The Morgan fingerprint density at radius 2 is 0.839 bits per heavy atom. The Hall–Kier alpha value is -1.25. The molecule has 0 radical (unpaired) electrons. The lowest BCUT2D eigenvalue weighted by molar-refractivity contribution is -0.0870. The Morgan fingerprint density at radius 3 is 1.13 bits per heavy atom. The second-order valence-electron chi connectivity index (χ2n) is 11.7. The van der Waals surface area contributed by atoms with E-state index in [1.165, 1.54) is 21.5 Å². The summed E-state index contributed by atoms with van der Waals surface area (Å²) in [5, 5.41) is 2.43. The van der Waals surface area contributed by atoms with Gasteiger partial charge >= 0.3 is 17.0 Å². The SMILES string of the molecule is Cc1ccc([Si]23N[Si](c4ccc(C)cc4)(OC(C)(C)C(C)(C)O2)C(C)(C)C3(C)C)cc1. The summed E-state index contributed by atoms with van der Waals surface area (Å²) in [4.78, 5) is 0. The van der Waals surface area contributed by atoms with Gasteiger partial charge in [0, 0.05) is 10.1 Å². The van der Waals surface area contributed by atoms with Crippen molar-refractivity contribution in [1.29, 1.82) is 0 Å². The summed E-state index contributed by atoms with van der Waals surface area (Å²) >= 11 is 0. The van der Waals surface area contributed by atoms with Crippen LogP contribution in [0.4, 0.5) is 0 Å². The molecule has 2 atom stereocenters. The first-order chi connectivity index (χ1) is 14.1. The van der Waals surface area contributed by atoms with Crippen LogP contribution in [0.2, 0.25) is 10.1 Å². The van der Waals surface area contributed by atoms with E-state index in [0.29, 0.717) is 0 Å². The maximum atomic E-state index is 7.38. The molecule has 2 aromatic carbocycles. The van der Waals surface area contributed by atoms with Gasteiger partial charge in [-0.1, -0.05) is 87.4 Å². The van der Waals surface area contributed by atoms with E-state index < -0.39 is 28.2 Å². The highest BCUT2D eigenvalue weighted by Gasteiger charge is 2.80. The van der Waals surface area contributed by atoms with Crippen LogP contribution in [0.1, 0.15) is 66.5 Å². The zero-order valence-corrected chi connectivity index (χ0v) is 22.9. The maximum absolute atomic E-state index is 7.38. The molecule has 168 valence electrons. The summed E-state index contributed by atoms with van der Waals surface area (Å²) in [5.74, 6) is 0. The quantitative estimate of drug-likeness (QED) is 0.644. The molecule has 1 N–H and O–H groups in total. The fourth-order valence-electron chi connectivity index (χ4n) is 5.32. The van der Waals surface area contributed by atoms with Gasteiger partial charge in [-0.05, 0) is 51.9 Å². The second kappa shape index (κ2) is 6.64. The van der Waals surface area contributed by atoms with Gasteiger partial charge < -0.3 is 13.5 Å². The minimum atomic E-state index is -2.70. The zero-order chi connectivity index (χ0) is 23.1. The zero-order valence-electron chi connectivity index (χ0n) is 20.9. The van der Waals surface area contributed by atoms with Crippen LogP contribution in [0, 0.1) is 13.8 Å². The third-order valence-corrected chi connectivity index (χ3v) is 20.6. The molecule has 2 aromatic rings. The molecule has 3 nitrogen and oxygen atoms in total. The van der Waals surface area contributed by atoms with Gasteiger partial charge in [-0.2, -0.15) is 0 Å². The topological polar surface area (TPSA) is 30.5 Å². The van der Waals surface area contributed by atoms with Gasteiger partial charge in [-0.25, -0.2) is 0 Å². The van der Waals surface area contributed by atoms with Crippen LogP contribution in [0.15, 0.2) is 48.5 Å². The molecule has 0 aliphatic carbocycles. The summed E-state index contributed by atoms with van der Waals surface area (Å²) in [5.41, 5.74) is 1.67. The van der Waals surface area contributed by atoms with E-state index >= 15 is 0 Å². The fraction of sp³-hybridized carbons (Fsp3) is 0.538. The van der Waals surface area contributed by atoms with Gasteiger partial charge in [0.2, 0.25) is 0 Å². The molecule has 2 heterocycles. The Kier molecular flexibility index (Phi) is 4.91. The molecule has 0 spiro atoms.